The van der Waals surface area contributed by atoms with E-state index in [2.05, 4.69) is 5.32 Å². The summed E-state index contributed by atoms with van der Waals surface area (Å²) in [4.78, 5) is 23.2. The average molecular weight is 346 g/mol. The Hall–Kier alpha value is -1.99. The highest BCUT2D eigenvalue weighted by atomic mass is 35.5. The molecule has 0 aliphatic rings. The first-order valence-electron chi connectivity index (χ1n) is 6.09. The normalized spacial score (nSPS) is 12.0. The Morgan fingerprint density at radius 1 is 1.27 bits per heavy atom. The molecule has 22 heavy (non-hydrogen) atoms. The van der Waals surface area contributed by atoms with Gasteiger partial charge in [0.15, 0.2) is 0 Å². The Labute approximate surface area is 133 Å². The fourth-order valence-electron chi connectivity index (χ4n) is 1.86. The van der Waals surface area contributed by atoms with Crippen molar-refractivity contribution in [3.8, 4) is 0 Å². The van der Waals surface area contributed by atoms with Crippen LogP contribution in [-0.2, 0) is 4.79 Å². The Bertz CT molecular complexity index is 720. The number of rotatable bonds is 5. The lowest BCUT2D eigenvalue weighted by atomic mass is 10.0. The van der Waals surface area contributed by atoms with Crippen LogP contribution in [0.15, 0.2) is 30.3 Å². The lowest BCUT2D eigenvalue weighted by Gasteiger charge is -2.17. The maximum Gasteiger partial charge on any atom is 0.305 e. The lowest BCUT2D eigenvalue weighted by Crippen LogP contribution is -2.30. The molecule has 0 saturated heterocycles. The van der Waals surface area contributed by atoms with Gasteiger partial charge in [0.25, 0.3) is 5.91 Å². The molecule has 0 aliphatic heterocycles. The van der Waals surface area contributed by atoms with Crippen molar-refractivity contribution >= 4 is 34.8 Å². The van der Waals surface area contributed by atoms with Crippen LogP contribution >= 0.6 is 22.9 Å². The van der Waals surface area contributed by atoms with Crippen molar-refractivity contribution in [3.05, 3.63) is 56.7 Å². The van der Waals surface area contributed by atoms with Gasteiger partial charge in [0, 0.05) is 11.6 Å². The van der Waals surface area contributed by atoms with Gasteiger partial charge in [-0.2, -0.15) is 0 Å². The van der Waals surface area contributed by atoms with Crippen molar-refractivity contribution in [2.24, 2.45) is 0 Å². The number of benzene rings is 1. The number of carboxylic acid groups (broad SMARTS) is 1. The maximum atomic E-state index is 13.8. The first-order valence-corrected chi connectivity index (χ1v) is 7.29. The summed E-state index contributed by atoms with van der Waals surface area (Å²) >= 11 is 6.74. The third-order valence-electron chi connectivity index (χ3n) is 2.82. The van der Waals surface area contributed by atoms with E-state index in [1.54, 1.807) is 0 Å². The van der Waals surface area contributed by atoms with Gasteiger partial charge in [-0.1, -0.05) is 17.7 Å². The Morgan fingerprint density at radius 2 is 2.00 bits per heavy atom. The quantitative estimate of drug-likeness (QED) is 0.869. The van der Waals surface area contributed by atoms with Gasteiger partial charge < -0.3 is 10.4 Å². The third-order valence-corrected chi connectivity index (χ3v) is 4.05. The summed E-state index contributed by atoms with van der Waals surface area (Å²) < 4.78 is 27.1. The van der Waals surface area contributed by atoms with Crippen LogP contribution in [0, 0.1) is 11.6 Å². The second-order valence-electron chi connectivity index (χ2n) is 4.39. The minimum Gasteiger partial charge on any atom is -0.481 e. The lowest BCUT2D eigenvalue weighted by molar-refractivity contribution is -0.137. The van der Waals surface area contributed by atoms with Crippen LogP contribution in [0.4, 0.5) is 8.78 Å². The molecule has 1 aromatic carbocycles. The number of carbonyl (C=O) groups is 2. The molecule has 4 nitrogen and oxygen atoms in total. The predicted octanol–water partition coefficient (Wildman–Crippen LogP) is 3.63. The number of halogens is 3. The molecule has 0 bridgehead atoms. The van der Waals surface area contributed by atoms with E-state index < -0.39 is 36.0 Å². The van der Waals surface area contributed by atoms with E-state index in [0.29, 0.717) is 10.4 Å². The summed E-state index contributed by atoms with van der Waals surface area (Å²) in [6.07, 6.45) is -0.534. The largest absolute Gasteiger partial charge is 0.481 e. The average Bonchev–Trinajstić information content (AvgIpc) is 2.84. The number of aliphatic carboxylic acids is 1. The number of thiophene rings is 1. The van der Waals surface area contributed by atoms with Gasteiger partial charge in [-0.15, -0.1) is 11.3 Å². The maximum absolute atomic E-state index is 13.8. The standard InChI is InChI=1S/C14H10ClF2NO3S/c15-12-4-3-11(22-12)14(21)18-10(6-13(19)20)8-2-1-7(16)5-9(8)17/h1-5,10H,6H2,(H,18,21)(H,19,20). The number of carbonyl (C=O) groups excluding carboxylic acids is 1. The molecule has 0 radical (unpaired) electrons. The minimum atomic E-state index is -1.22. The van der Waals surface area contributed by atoms with E-state index in [0.717, 1.165) is 23.5 Å². The summed E-state index contributed by atoms with van der Waals surface area (Å²) in [6, 6.07) is 4.62. The van der Waals surface area contributed by atoms with E-state index in [-0.39, 0.29) is 10.4 Å². The molecule has 1 amide bonds. The van der Waals surface area contributed by atoms with E-state index in [9.17, 15) is 18.4 Å². The Morgan fingerprint density at radius 3 is 2.55 bits per heavy atom. The Balaban J connectivity index is 2.26. The molecule has 1 atom stereocenters. The van der Waals surface area contributed by atoms with Gasteiger partial charge in [0.05, 0.1) is 21.7 Å². The molecule has 1 heterocycles. The highest BCUT2D eigenvalue weighted by Crippen LogP contribution is 2.25. The van der Waals surface area contributed by atoms with Gasteiger partial charge in [-0.05, 0) is 18.2 Å². The molecule has 2 rings (SSSR count). The second-order valence-corrected chi connectivity index (χ2v) is 6.11. The van der Waals surface area contributed by atoms with Gasteiger partial charge in [-0.25, -0.2) is 8.78 Å². The van der Waals surface area contributed by atoms with Crippen LogP contribution in [-0.4, -0.2) is 17.0 Å². The highest BCUT2D eigenvalue weighted by molar-refractivity contribution is 7.17. The first-order chi connectivity index (χ1) is 10.4. The summed E-state index contributed by atoms with van der Waals surface area (Å²) in [5, 5.41) is 11.3. The summed E-state index contributed by atoms with van der Waals surface area (Å²) in [6.45, 7) is 0. The topological polar surface area (TPSA) is 66.4 Å². The van der Waals surface area contributed by atoms with Crippen molar-refractivity contribution in [1.29, 1.82) is 0 Å². The molecular weight excluding hydrogens is 336 g/mol. The van der Waals surface area contributed by atoms with E-state index in [1.807, 2.05) is 0 Å². The van der Waals surface area contributed by atoms with Crippen molar-refractivity contribution in [1.82, 2.24) is 5.32 Å². The summed E-state index contributed by atoms with van der Waals surface area (Å²) in [5.41, 5.74) is -0.0974. The van der Waals surface area contributed by atoms with Gasteiger partial charge >= 0.3 is 5.97 Å². The molecule has 0 fully saturated rings. The molecule has 2 N–H and O–H groups in total. The molecule has 1 aromatic heterocycles. The first kappa shape index (κ1) is 16.4. The second kappa shape index (κ2) is 6.85. The van der Waals surface area contributed by atoms with E-state index in [1.165, 1.54) is 12.1 Å². The molecule has 2 aromatic rings. The summed E-state index contributed by atoms with van der Waals surface area (Å²) in [7, 11) is 0. The van der Waals surface area contributed by atoms with Crippen molar-refractivity contribution in [2.75, 3.05) is 0 Å². The number of hydrogen-bond donors (Lipinski definition) is 2. The molecule has 116 valence electrons. The van der Waals surface area contributed by atoms with Crippen LogP contribution in [0.25, 0.3) is 0 Å². The van der Waals surface area contributed by atoms with Crippen LogP contribution in [0.5, 0.6) is 0 Å². The molecular formula is C14H10ClF2NO3S. The third kappa shape index (κ3) is 4.02. The molecule has 0 aliphatic carbocycles. The molecule has 0 saturated carbocycles. The van der Waals surface area contributed by atoms with Crippen LogP contribution in [0.1, 0.15) is 27.7 Å². The van der Waals surface area contributed by atoms with Gasteiger partial charge in [0.1, 0.15) is 11.6 Å². The van der Waals surface area contributed by atoms with Crippen LogP contribution in [0.3, 0.4) is 0 Å². The van der Waals surface area contributed by atoms with Crippen molar-refractivity contribution < 1.29 is 23.5 Å². The molecule has 8 heteroatoms. The molecule has 1 unspecified atom stereocenters. The smallest absolute Gasteiger partial charge is 0.305 e. The number of hydrogen-bond acceptors (Lipinski definition) is 3. The highest BCUT2D eigenvalue weighted by Gasteiger charge is 2.22. The van der Waals surface area contributed by atoms with Gasteiger partial charge in [-0.3, -0.25) is 9.59 Å². The van der Waals surface area contributed by atoms with Crippen molar-refractivity contribution in [2.45, 2.75) is 12.5 Å². The van der Waals surface area contributed by atoms with Crippen LogP contribution < -0.4 is 5.32 Å². The Kier molecular flexibility index (Phi) is 5.10. The number of carboxylic acids is 1. The fourth-order valence-corrected chi connectivity index (χ4v) is 2.81. The monoisotopic (exact) mass is 345 g/mol. The summed E-state index contributed by atoms with van der Waals surface area (Å²) in [5.74, 6) is -3.51. The zero-order valence-corrected chi connectivity index (χ0v) is 12.5. The fraction of sp³-hybridized carbons (Fsp3) is 0.143. The van der Waals surface area contributed by atoms with E-state index >= 15 is 0 Å². The predicted molar refractivity (Wildman–Crippen MR) is 78.1 cm³/mol. The van der Waals surface area contributed by atoms with Crippen LogP contribution in [0.2, 0.25) is 4.34 Å². The van der Waals surface area contributed by atoms with Gasteiger partial charge in [0.2, 0.25) is 0 Å². The zero-order valence-electron chi connectivity index (χ0n) is 11.0. The van der Waals surface area contributed by atoms with E-state index in [4.69, 9.17) is 16.7 Å². The van der Waals surface area contributed by atoms with Crippen molar-refractivity contribution in [3.63, 3.8) is 0 Å². The molecule has 0 spiro atoms. The number of amides is 1. The number of nitrogens with one attached hydrogen (secondary N) is 1. The SMILES string of the molecule is O=C(O)CC(NC(=O)c1ccc(Cl)s1)c1ccc(F)cc1F. The minimum absolute atomic E-state index is 0.0974. The zero-order chi connectivity index (χ0) is 16.3.